The van der Waals surface area contributed by atoms with Crippen LogP contribution < -0.4 is 0 Å². The monoisotopic (exact) mass is 459 g/mol. The van der Waals surface area contributed by atoms with Gasteiger partial charge in [0.25, 0.3) is 11.8 Å². The second kappa shape index (κ2) is 17.7. The predicted molar refractivity (Wildman–Crippen MR) is 134 cm³/mol. The van der Waals surface area contributed by atoms with E-state index in [1.165, 1.54) is 88.4 Å². The second-order valence-corrected chi connectivity index (χ2v) is 9.28. The van der Waals surface area contributed by atoms with Gasteiger partial charge in [-0.2, -0.15) is 0 Å². The van der Waals surface area contributed by atoms with E-state index in [0.29, 0.717) is 24.5 Å². The van der Waals surface area contributed by atoms with Crippen molar-refractivity contribution in [1.82, 2.24) is 4.90 Å². The maximum absolute atomic E-state index is 12.3. The van der Waals surface area contributed by atoms with Gasteiger partial charge >= 0.3 is 0 Å². The molecule has 0 N–H and O–H groups in total. The Morgan fingerprint density at radius 2 is 1.00 bits per heavy atom. The number of carbonyl (C=O) groups is 2. The number of amides is 2. The molecule has 186 valence electrons. The van der Waals surface area contributed by atoms with Crippen molar-refractivity contribution in [2.24, 2.45) is 0 Å². The highest BCUT2D eigenvalue weighted by Gasteiger charge is 2.34. The van der Waals surface area contributed by atoms with E-state index in [1.54, 1.807) is 19.2 Å². The zero-order valence-electron chi connectivity index (χ0n) is 20.8. The average Bonchev–Trinajstić information content (AvgIpc) is 3.07. The maximum atomic E-state index is 12.3. The van der Waals surface area contributed by atoms with E-state index < -0.39 is 0 Å². The zero-order valence-corrected chi connectivity index (χ0v) is 20.8. The van der Waals surface area contributed by atoms with Crippen molar-refractivity contribution >= 4 is 11.8 Å². The van der Waals surface area contributed by atoms with Crippen LogP contribution in [0.3, 0.4) is 0 Å². The summed E-state index contributed by atoms with van der Waals surface area (Å²) in [5.41, 5.74) is 1.12. The van der Waals surface area contributed by atoms with Gasteiger partial charge in [0, 0.05) is 20.3 Å². The molecular weight excluding hydrogens is 414 g/mol. The second-order valence-electron chi connectivity index (χ2n) is 9.28. The van der Waals surface area contributed by atoms with Crippen LogP contribution in [-0.2, 0) is 9.47 Å². The first-order valence-electron chi connectivity index (χ1n) is 13.3. The molecule has 0 spiro atoms. The molecule has 0 aromatic heterocycles. The third kappa shape index (κ3) is 10.8. The summed E-state index contributed by atoms with van der Waals surface area (Å²) in [7, 11) is 1.66. The molecule has 33 heavy (non-hydrogen) atoms. The Balaban J connectivity index is 1.30. The molecule has 1 aliphatic heterocycles. The topological polar surface area (TPSA) is 55.8 Å². The van der Waals surface area contributed by atoms with Crippen molar-refractivity contribution in [3.05, 3.63) is 35.4 Å². The van der Waals surface area contributed by atoms with Crippen molar-refractivity contribution in [2.75, 3.05) is 27.1 Å². The molecule has 0 saturated carbocycles. The first-order valence-corrected chi connectivity index (χ1v) is 13.3. The van der Waals surface area contributed by atoms with Crippen LogP contribution in [0.2, 0.25) is 0 Å². The Hall–Kier alpha value is -1.72. The predicted octanol–water partition coefficient (Wildman–Crippen LogP) is 7.14. The van der Waals surface area contributed by atoms with E-state index in [4.69, 9.17) is 9.47 Å². The van der Waals surface area contributed by atoms with Crippen molar-refractivity contribution < 1.29 is 19.1 Å². The van der Waals surface area contributed by atoms with Crippen molar-refractivity contribution in [1.29, 1.82) is 0 Å². The molecule has 0 radical (unpaired) electrons. The fraction of sp³-hybridized carbons (Fsp3) is 0.714. The summed E-state index contributed by atoms with van der Waals surface area (Å²) in [6.07, 6.45) is 20.5. The molecule has 5 nitrogen and oxygen atoms in total. The molecule has 0 atom stereocenters. The van der Waals surface area contributed by atoms with E-state index in [0.717, 1.165) is 25.9 Å². The summed E-state index contributed by atoms with van der Waals surface area (Å²) in [6.45, 7) is 1.79. The van der Waals surface area contributed by atoms with Crippen molar-refractivity contribution in [3.63, 3.8) is 0 Å². The number of benzene rings is 1. The van der Waals surface area contributed by atoms with Gasteiger partial charge in [-0.15, -0.1) is 0 Å². The lowest BCUT2D eigenvalue weighted by atomic mass is 10.0. The summed E-state index contributed by atoms with van der Waals surface area (Å²) < 4.78 is 10.2. The van der Waals surface area contributed by atoms with Crippen LogP contribution in [0.15, 0.2) is 24.3 Å². The summed E-state index contributed by atoms with van der Waals surface area (Å²) in [4.78, 5) is 26.1. The van der Waals surface area contributed by atoms with E-state index >= 15 is 0 Å². The smallest absolute Gasteiger partial charge is 0.261 e. The minimum atomic E-state index is -0.126. The summed E-state index contributed by atoms with van der Waals surface area (Å²) in [5.74, 6) is -0.251. The average molecular weight is 460 g/mol. The number of fused-ring (bicyclic) bond motifs is 1. The van der Waals surface area contributed by atoms with Gasteiger partial charge in [-0.05, 0) is 25.0 Å². The third-order valence-corrected chi connectivity index (χ3v) is 6.50. The summed E-state index contributed by atoms with van der Waals surface area (Å²) in [6, 6.07) is 7.14. The Morgan fingerprint density at radius 3 is 1.42 bits per heavy atom. The Morgan fingerprint density at radius 1 is 0.606 bits per heavy atom. The molecule has 1 aromatic rings. The Labute approximate surface area is 201 Å². The SMILES string of the molecule is COCOCCCCCCCCCCCCCCCCCCN1C(=O)c2ccccc2C1=O. The van der Waals surface area contributed by atoms with Crippen LogP contribution in [0.5, 0.6) is 0 Å². The van der Waals surface area contributed by atoms with E-state index in [9.17, 15) is 9.59 Å². The molecule has 1 aliphatic rings. The number of unbranched alkanes of at least 4 members (excludes halogenated alkanes) is 15. The third-order valence-electron chi connectivity index (χ3n) is 6.50. The van der Waals surface area contributed by atoms with Crippen LogP contribution >= 0.6 is 0 Å². The lowest BCUT2D eigenvalue weighted by Crippen LogP contribution is -2.30. The maximum Gasteiger partial charge on any atom is 0.261 e. The largest absolute Gasteiger partial charge is 0.359 e. The number of nitrogens with zero attached hydrogens (tertiary/aromatic N) is 1. The van der Waals surface area contributed by atoms with E-state index in [-0.39, 0.29) is 11.8 Å². The molecule has 1 aromatic carbocycles. The first kappa shape index (κ1) is 27.5. The summed E-state index contributed by atoms with van der Waals surface area (Å²) in [5, 5.41) is 0. The quantitative estimate of drug-likeness (QED) is 0.111. The summed E-state index contributed by atoms with van der Waals surface area (Å²) >= 11 is 0. The molecule has 5 heteroatoms. The lowest BCUT2D eigenvalue weighted by molar-refractivity contribution is -0.0315. The van der Waals surface area contributed by atoms with Gasteiger partial charge in [-0.1, -0.05) is 102 Å². The van der Waals surface area contributed by atoms with E-state index in [2.05, 4.69) is 0 Å². The standard InChI is InChI=1S/C28H45NO4/c1-32-24-33-23-19-15-13-11-9-7-5-3-2-4-6-8-10-12-14-18-22-29-27(30)25-20-16-17-21-26(25)28(29)31/h16-17,20-21H,2-15,18-19,22-24H2,1H3. The Bertz CT molecular complexity index is 641. The van der Waals surface area contributed by atoms with Crippen molar-refractivity contribution in [2.45, 2.75) is 103 Å². The van der Waals surface area contributed by atoms with Gasteiger partial charge < -0.3 is 9.47 Å². The number of methoxy groups -OCH3 is 1. The molecule has 0 aliphatic carbocycles. The lowest BCUT2D eigenvalue weighted by Gasteiger charge is -2.13. The van der Waals surface area contributed by atoms with Gasteiger partial charge in [-0.25, -0.2) is 0 Å². The Kier molecular flexibility index (Phi) is 14.8. The highest BCUT2D eigenvalue weighted by atomic mass is 16.7. The fourth-order valence-corrected chi connectivity index (χ4v) is 4.53. The van der Waals surface area contributed by atoms with Crippen LogP contribution in [0.1, 0.15) is 123 Å². The van der Waals surface area contributed by atoms with Crippen LogP contribution in [-0.4, -0.2) is 43.8 Å². The molecule has 0 unspecified atom stereocenters. The highest BCUT2D eigenvalue weighted by Crippen LogP contribution is 2.23. The van der Waals surface area contributed by atoms with Gasteiger partial charge in [0.05, 0.1) is 11.1 Å². The minimum absolute atomic E-state index is 0.126. The number of hydrogen-bond donors (Lipinski definition) is 0. The van der Waals surface area contributed by atoms with Gasteiger partial charge in [0.15, 0.2) is 0 Å². The normalized spacial score (nSPS) is 13.2. The number of hydrogen-bond acceptors (Lipinski definition) is 4. The van der Waals surface area contributed by atoms with E-state index in [1.807, 2.05) is 12.1 Å². The fourth-order valence-electron chi connectivity index (χ4n) is 4.53. The number of imide groups is 1. The first-order chi connectivity index (χ1) is 16.3. The highest BCUT2D eigenvalue weighted by molar-refractivity contribution is 6.21. The van der Waals surface area contributed by atoms with Crippen molar-refractivity contribution in [3.8, 4) is 0 Å². The van der Waals surface area contributed by atoms with Gasteiger partial charge in [0.2, 0.25) is 0 Å². The number of rotatable bonds is 21. The molecule has 0 saturated heterocycles. The molecule has 1 heterocycles. The van der Waals surface area contributed by atoms with Crippen LogP contribution in [0, 0.1) is 0 Å². The van der Waals surface area contributed by atoms with Gasteiger partial charge in [0.1, 0.15) is 6.79 Å². The molecule has 0 bridgehead atoms. The minimum Gasteiger partial charge on any atom is -0.359 e. The number of ether oxygens (including phenoxy) is 2. The van der Waals surface area contributed by atoms with Gasteiger partial charge in [-0.3, -0.25) is 14.5 Å². The molecule has 2 amide bonds. The van der Waals surface area contributed by atoms with Crippen LogP contribution in [0.4, 0.5) is 0 Å². The van der Waals surface area contributed by atoms with Crippen LogP contribution in [0.25, 0.3) is 0 Å². The number of carbonyl (C=O) groups excluding carboxylic acids is 2. The molecule has 0 fully saturated rings. The molecule has 2 rings (SSSR count). The molecular formula is C28H45NO4. The zero-order chi connectivity index (χ0) is 23.6.